The Morgan fingerprint density at radius 2 is 1.92 bits per heavy atom. The van der Waals surface area contributed by atoms with Gasteiger partial charge in [-0.1, -0.05) is 30.3 Å². The largest absolute Gasteiger partial charge is 0.462 e. The number of nitrogens with one attached hydrogen (secondary N) is 1. The van der Waals surface area contributed by atoms with E-state index in [2.05, 4.69) is 4.98 Å². The van der Waals surface area contributed by atoms with Gasteiger partial charge in [-0.2, -0.15) is 4.31 Å². The molecule has 0 spiro atoms. The molecule has 140 valence electrons. The summed E-state index contributed by atoms with van der Waals surface area (Å²) in [6, 6.07) is 9.92. The number of hydrogen-bond donors (Lipinski definition) is 1. The van der Waals surface area contributed by atoms with Gasteiger partial charge in [0.2, 0.25) is 10.0 Å². The molecule has 1 aromatic carbocycles. The molecule has 1 aromatic heterocycles. The smallest absolute Gasteiger partial charge is 0.341 e. The molecule has 1 fully saturated rings. The Labute approximate surface area is 154 Å². The van der Waals surface area contributed by atoms with Crippen LogP contribution in [0.25, 0.3) is 0 Å². The van der Waals surface area contributed by atoms with E-state index in [0.29, 0.717) is 24.5 Å². The van der Waals surface area contributed by atoms with Crippen molar-refractivity contribution in [2.45, 2.75) is 38.0 Å². The number of carbonyl (C=O) groups excluding carboxylic acids is 1. The van der Waals surface area contributed by atoms with Gasteiger partial charge in [0.15, 0.2) is 0 Å². The summed E-state index contributed by atoms with van der Waals surface area (Å²) in [4.78, 5) is 15.3. The summed E-state index contributed by atoms with van der Waals surface area (Å²) in [6.45, 7) is 6.11. The zero-order valence-electron chi connectivity index (χ0n) is 15.3. The summed E-state index contributed by atoms with van der Waals surface area (Å²) in [6.07, 6.45) is 0.764. The van der Waals surface area contributed by atoms with E-state index in [1.54, 1.807) is 20.8 Å². The molecule has 2 aromatic rings. The second-order valence-corrected chi connectivity index (χ2v) is 8.43. The Balaban J connectivity index is 1.93. The fourth-order valence-corrected chi connectivity index (χ4v) is 5.52. The summed E-state index contributed by atoms with van der Waals surface area (Å²) in [5, 5.41) is 0. The molecule has 7 heteroatoms. The van der Waals surface area contributed by atoms with Crippen molar-refractivity contribution in [1.82, 2.24) is 9.29 Å². The van der Waals surface area contributed by atoms with Crippen molar-refractivity contribution in [3.63, 3.8) is 0 Å². The van der Waals surface area contributed by atoms with Gasteiger partial charge in [-0.25, -0.2) is 13.2 Å². The maximum absolute atomic E-state index is 13.3. The topological polar surface area (TPSA) is 79.5 Å². The minimum atomic E-state index is -3.78. The quantitative estimate of drug-likeness (QED) is 0.814. The lowest BCUT2D eigenvalue weighted by Crippen LogP contribution is -2.30. The summed E-state index contributed by atoms with van der Waals surface area (Å²) < 4.78 is 33.1. The van der Waals surface area contributed by atoms with E-state index in [1.807, 2.05) is 30.3 Å². The molecule has 1 aliphatic heterocycles. The van der Waals surface area contributed by atoms with Crippen LogP contribution in [0.4, 0.5) is 0 Å². The number of hydrogen-bond acceptors (Lipinski definition) is 4. The third-order valence-corrected chi connectivity index (χ3v) is 6.85. The first-order chi connectivity index (χ1) is 12.4. The molecule has 6 nitrogen and oxygen atoms in total. The molecule has 0 unspecified atom stereocenters. The van der Waals surface area contributed by atoms with Gasteiger partial charge in [-0.15, -0.1) is 0 Å². The molecule has 0 saturated carbocycles. The molecule has 2 heterocycles. The van der Waals surface area contributed by atoms with Crippen LogP contribution < -0.4 is 0 Å². The molecule has 1 N–H and O–H groups in total. The number of nitrogens with zero attached hydrogens (tertiary/aromatic N) is 1. The molecule has 0 bridgehead atoms. The van der Waals surface area contributed by atoms with Crippen molar-refractivity contribution >= 4 is 16.0 Å². The van der Waals surface area contributed by atoms with Gasteiger partial charge in [-0.05, 0) is 38.7 Å². The number of H-pyrrole nitrogens is 1. The number of aryl methyl sites for hydroxylation is 2. The number of benzene rings is 1. The maximum atomic E-state index is 13.3. The van der Waals surface area contributed by atoms with Crippen molar-refractivity contribution in [3.8, 4) is 0 Å². The molecule has 0 aliphatic carbocycles. The molecular formula is C19H24N2O4S. The second kappa shape index (κ2) is 7.25. The van der Waals surface area contributed by atoms with Crippen LogP contribution in [0.15, 0.2) is 35.2 Å². The van der Waals surface area contributed by atoms with E-state index < -0.39 is 16.0 Å². The predicted molar refractivity (Wildman–Crippen MR) is 98.8 cm³/mol. The number of aromatic amines is 1. The Morgan fingerprint density at radius 3 is 2.58 bits per heavy atom. The monoisotopic (exact) mass is 376 g/mol. The van der Waals surface area contributed by atoms with Crippen molar-refractivity contribution in [3.05, 3.63) is 52.8 Å². The van der Waals surface area contributed by atoms with Gasteiger partial charge < -0.3 is 9.72 Å². The van der Waals surface area contributed by atoms with Crippen molar-refractivity contribution in [2.24, 2.45) is 0 Å². The Kier molecular flexibility index (Phi) is 5.20. The van der Waals surface area contributed by atoms with Crippen molar-refractivity contribution < 1.29 is 17.9 Å². The van der Waals surface area contributed by atoms with Crippen LogP contribution >= 0.6 is 0 Å². The number of aromatic nitrogens is 1. The zero-order chi connectivity index (χ0) is 18.9. The van der Waals surface area contributed by atoms with Crippen LogP contribution in [0.3, 0.4) is 0 Å². The summed E-state index contributed by atoms with van der Waals surface area (Å²) in [5.41, 5.74) is 2.23. The van der Waals surface area contributed by atoms with E-state index in [-0.39, 0.29) is 23.0 Å². The highest BCUT2D eigenvalue weighted by atomic mass is 32.2. The summed E-state index contributed by atoms with van der Waals surface area (Å²) >= 11 is 0. The first-order valence-corrected chi connectivity index (χ1v) is 10.2. The highest BCUT2D eigenvalue weighted by Gasteiger charge is 2.38. The Hall–Kier alpha value is -2.12. The average Bonchev–Trinajstić information content (AvgIpc) is 3.21. The van der Waals surface area contributed by atoms with Crippen molar-refractivity contribution in [2.75, 3.05) is 19.7 Å². The molecule has 1 atom stereocenters. The number of sulfonamides is 1. The van der Waals surface area contributed by atoms with E-state index >= 15 is 0 Å². The van der Waals surface area contributed by atoms with Crippen LogP contribution in [0.1, 0.15) is 46.6 Å². The second-order valence-electron chi connectivity index (χ2n) is 6.56. The normalized spacial score (nSPS) is 18.2. The third kappa shape index (κ3) is 3.29. The lowest BCUT2D eigenvalue weighted by molar-refractivity contribution is 0.0521. The SMILES string of the molecule is CCOC(=O)c1c(C)[nH]c(C)c1S(=O)(=O)N1CC[C@@H](c2ccccc2)C1. The lowest BCUT2D eigenvalue weighted by Gasteiger charge is -2.18. The average molecular weight is 376 g/mol. The van der Waals surface area contributed by atoms with E-state index in [1.165, 1.54) is 4.31 Å². The highest BCUT2D eigenvalue weighted by molar-refractivity contribution is 7.89. The number of carbonyl (C=O) groups is 1. The summed E-state index contributed by atoms with van der Waals surface area (Å²) in [5.74, 6) is -0.441. The third-order valence-electron chi connectivity index (χ3n) is 4.82. The van der Waals surface area contributed by atoms with Gasteiger partial charge >= 0.3 is 5.97 Å². The molecule has 1 aliphatic rings. The predicted octanol–water partition coefficient (Wildman–Crippen LogP) is 2.99. The Morgan fingerprint density at radius 1 is 1.23 bits per heavy atom. The van der Waals surface area contributed by atoms with Gasteiger partial charge in [-0.3, -0.25) is 0 Å². The number of rotatable bonds is 5. The van der Waals surface area contributed by atoms with Crippen LogP contribution in [-0.4, -0.2) is 43.4 Å². The Bertz CT molecular complexity index is 903. The first-order valence-electron chi connectivity index (χ1n) is 8.77. The van der Waals surface area contributed by atoms with Crippen LogP contribution in [0.2, 0.25) is 0 Å². The van der Waals surface area contributed by atoms with Gasteiger partial charge in [0, 0.05) is 24.5 Å². The fraction of sp³-hybridized carbons (Fsp3) is 0.421. The fourth-order valence-electron chi connectivity index (χ4n) is 3.60. The van der Waals surface area contributed by atoms with Crippen molar-refractivity contribution in [1.29, 1.82) is 0 Å². The van der Waals surface area contributed by atoms with Gasteiger partial charge in [0.25, 0.3) is 0 Å². The van der Waals surface area contributed by atoms with Crippen LogP contribution in [0.5, 0.6) is 0 Å². The molecule has 0 radical (unpaired) electrons. The maximum Gasteiger partial charge on any atom is 0.341 e. The molecule has 0 amide bonds. The number of esters is 1. The first kappa shape index (κ1) is 18.7. The van der Waals surface area contributed by atoms with Crippen LogP contribution in [-0.2, 0) is 14.8 Å². The summed E-state index contributed by atoms with van der Waals surface area (Å²) in [7, 11) is -3.78. The van der Waals surface area contributed by atoms with E-state index in [0.717, 1.165) is 12.0 Å². The van der Waals surface area contributed by atoms with E-state index in [4.69, 9.17) is 4.74 Å². The lowest BCUT2D eigenvalue weighted by atomic mass is 9.99. The highest BCUT2D eigenvalue weighted by Crippen LogP contribution is 2.34. The minimum Gasteiger partial charge on any atom is -0.462 e. The molecule has 1 saturated heterocycles. The minimum absolute atomic E-state index is 0.0437. The molecule has 3 rings (SSSR count). The zero-order valence-corrected chi connectivity index (χ0v) is 16.1. The number of ether oxygens (including phenoxy) is 1. The van der Waals surface area contributed by atoms with Crippen LogP contribution in [0, 0.1) is 13.8 Å². The molecule has 26 heavy (non-hydrogen) atoms. The standard InChI is InChI=1S/C19H24N2O4S/c1-4-25-19(22)17-13(2)20-14(3)18(17)26(23,24)21-11-10-16(12-21)15-8-6-5-7-9-15/h5-9,16,20H,4,10-12H2,1-3H3/t16-/m1/s1. The van der Waals surface area contributed by atoms with E-state index in [9.17, 15) is 13.2 Å². The molecular weight excluding hydrogens is 352 g/mol. The van der Waals surface area contributed by atoms with Gasteiger partial charge in [0.05, 0.1) is 6.61 Å². The van der Waals surface area contributed by atoms with Gasteiger partial charge in [0.1, 0.15) is 10.5 Å².